The number of carbonyl (C=O) groups excluding carboxylic acids is 1. The molecule has 1 N–H and O–H groups in total. The summed E-state index contributed by atoms with van der Waals surface area (Å²) in [6.07, 6.45) is 0. The second-order valence-electron chi connectivity index (χ2n) is 5.40. The Morgan fingerprint density at radius 3 is 1.68 bits per heavy atom. The number of carboxylic acid groups (broad SMARTS) is 1. The summed E-state index contributed by atoms with van der Waals surface area (Å²) in [6, 6.07) is 6.91. The van der Waals surface area contributed by atoms with E-state index in [-0.39, 0.29) is 32.7 Å². The minimum atomic E-state index is -3.00. The van der Waals surface area contributed by atoms with Gasteiger partial charge in [0.15, 0.2) is 0 Å². The Hall–Kier alpha value is -2.76. The molecule has 2 aromatic rings. The fraction of sp³-hybridized carbons (Fsp3) is 0.222. The molecule has 0 aliphatic rings. The monoisotopic (exact) mass is 487 g/mol. The van der Waals surface area contributed by atoms with Gasteiger partial charge in [0, 0.05) is 22.7 Å². The van der Waals surface area contributed by atoms with Crippen molar-refractivity contribution in [2.75, 3.05) is 14.2 Å². The summed E-state index contributed by atoms with van der Waals surface area (Å²) in [6.45, 7) is -5.98. The van der Waals surface area contributed by atoms with Gasteiger partial charge in [0.1, 0.15) is 11.5 Å². The number of nitrogens with zero attached hydrogens (tertiary/aromatic N) is 1. The Morgan fingerprint density at radius 2 is 1.29 bits per heavy atom. The van der Waals surface area contributed by atoms with Crippen LogP contribution < -0.4 is 9.47 Å². The van der Waals surface area contributed by atoms with Crippen LogP contribution >= 0.6 is 23.2 Å². The van der Waals surface area contributed by atoms with Crippen LogP contribution in [0, 0.1) is 0 Å². The van der Waals surface area contributed by atoms with Gasteiger partial charge in [0.25, 0.3) is 5.91 Å². The number of rotatable bonds is 7. The highest BCUT2D eigenvalue weighted by molar-refractivity contribution is 6.31. The molecule has 0 spiro atoms. The number of hydrogen-bond donors (Lipinski definition) is 1. The van der Waals surface area contributed by atoms with Crippen LogP contribution in [-0.2, 0) is 4.84 Å². The molecule has 0 bridgehead atoms. The molecule has 13 heteroatoms. The SMILES string of the molecule is CON(C)C(=O)c1cc(Cl)cc(OC(F)F)c1.O=C(O)c1cc(Cl)cc(OC(F)F)c1. The van der Waals surface area contributed by atoms with E-state index in [0.717, 1.165) is 29.3 Å². The second kappa shape index (κ2) is 12.2. The molecule has 0 aromatic heterocycles. The van der Waals surface area contributed by atoms with Crippen LogP contribution in [0.3, 0.4) is 0 Å². The van der Waals surface area contributed by atoms with E-state index in [9.17, 15) is 27.2 Å². The average molecular weight is 488 g/mol. The third kappa shape index (κ3) is 9.28. The maximum Gasteiger partial charge on any atom is 0.387 e. The predicted molar refractivity (Wildman–Crippen MR) is 102 cm³/mol. The first-order valence-corrected chi connectivity index (χ1v) is 8.74. The predicted octanol–water partition coefficient (Wildman–Crippen LogP) is 5.21. The lowest BCUT2D eigenvalue weighted by Gasteiger charge is -2.14. The number of amides is 1. The van der Waals surface area contributed by atoms with Crippen molar-refractivity contribution in [3.63, 3.8) is 0 Å². The lowest BCUT2D eigenvalue weighted by Crippen LogP contribution is -2.25. The molecule has 0 aliphatic heterocycles. The van der Waals surface area contributed by atoms with Gasteiger partial charge in [-0.2, -0.15) is 17.6 Å². The Morgan fingerprint density at radius 1 is 0.871 bits per heavy atom. The summed E-state index contributed by atoms with van der Waals surface area (Å²) < 4.78 is 55.8. The van der Waals surface area contributed by atoms with Crippen molar-refractivity contribution in [2.24, 2.45) is 0 Å². The maximum atomic E-state index is 12.0. The van der Waals surface area contributed by atoms with Gasteiger partial charge in [0.2, 0.25) is 0 Å². The molecular formula is C18H15Cl2F4NO6. The van der Waals surface area contributed by atoms with Gasteiger partial charge in [-0.05, 0) is 36.4 Å². The number of carbonyl (C=O) groups is 2. The molecule has 1 amide bonds. The number of halogens is 6. The third-order valence-electron chi connectivity index (χ3n) is 3.25. The summed E-state index contributed by atoms with van der Waals surface area (Å²) in [5, 5.41) is 9.66. The van der Waals surface area contributed by atoms with Gasteiger partial charge in [-0.3, -0.25) is 9.63 Å². The van der Waals surface area contributed by atoms with Crippen LogP contribution in [0.4, 0.5) is 17.6 Å². The van der Waals surface area contributed by atoms with E-state index >= 15 is 0 Å². The first kappa shape index (κ1) is 26.3. The van der Waals surface area contributed by atoms with Gasteiger partial charge in [-0.25, -0.2) is 9.86 Å². The minimum Gasteiger partial charge on any atom is -0.478 e. The smallest absolute Gasteiger partial charge is 0.387 e. The largest absolute Gasteiger partial charge is 0.478 e. The Labute approximate surface area is 183 Å². The van der Waals surface area contributed by atoms with E-state index in [1.165, 1.54) is 26.3 Å². The van der Waals surface area contributed by atoms with Gasteiger partial charge < -0.3 is 14.6 Å². The number of alkyl halides is 4. The van der Waals surface area contributed by atoms with Crippen molar-refractivity contribution in [3.8, 4) is 11.5 Å². The van der Waals surface area contributed by atoms with Gasteiger partial charge >= 0.3 is 19.2 Å². The highest BCUT2D eigenvalue weighted by Gasteiger charge is 2.15. The quantitative estimate of drug-likeness (QED) is 0.426. The summed E-state index contributed by atoms with van der Waals surface area (Å²) in [5.74, 6) is -2.23. The zero-order chi connectivity index (χ0) is 23.7. The zero-order valence-corrected chi connectivity index (χ0v) is 17.3. The third-order valence-corrected chi connectivity index (χ3v) is 3.68. The van der Waals surface area contributed by atoms with Crippen molar-refractivity contribution in [3.05, 3.63) is 57.6 Å². The molecule has 7 nitrogen and oxygen atoms in total. The van der Waals surface area contributed by atoms with Crippen LogP contribution in [0.5, 0.6) is 11.5 Å². The molecule has 0 atom stereocenters. The van der Waals surface area contributed by atoms with E-state index in [0.29, 0.717) is 0 Å². The average Bonchev–Trinajstić information content (AvgIpc) is 2.65. The van der Waals surface area contributed by atoms with E-state index in [1.54, 1.807) is 0 Å². The second-order valence-corrected chi connectivity index (χ2v) is 6.27. The Bertz CT molecular complexity index is 917. The molecule has 0 saturated carbocycles. The number of carboxylic acids is 1. The number of aromatic carboxylic acids is 1. The number of hydrogen-bond acceptors (Lipinski definition) is 5. The molecule has 0 saturated heterocycles. The molecule has 0 unspecified atom stereocenters. The number of hydroxylamine groups is 2. The van der Waals surface area contributed by atoms with Gasteiger partial charge in [-0.15, -0.1) is 0 Å². The van der Waals surface area contributed by atoms with E-state index in [2.05, 4.69) is 14.3 Å². The fourth-order valence-corrected chi connectivity index (χ4v) is 2.43. The summed E-state index contributed by atoms with van der Waals surface area (Å²) >= 11 is 11.2. The lowest BCUT2D eigenvalue weighted by atomic mass is 10.2. The van der Waals surface area contributed by atoms with Crippen molar-refractivity contribution in [2.45, 2.75) is 13.2 Å². The lowest BCUT2D eigenvalue weighted by molar-refractivity contribution is -0.0758. The molecule has 2 rings (SSSR count). The highest BCUT2D eigenvalue weighted by atomic mass is 35.5. The van der Waals surface area contributed by atoms with Gasteiger partial charge in [0.05, 0.1) is 12.7 Å². The highest BCUT2D eigenvalue weighted by Crippen LogP contribution is 2.24. The van der Waals surface area contributed by atoms with Crippen LogP contribution in [0.1, 0.15) is 20.7 Å². The first-order valence-electron chi connectivity index (χ1n) is 7.99. The standard InChI is InChI=1S/C10H10ClF2NO3.C8H5ClF2O3/c1-14(16-2)9(15)6-3-7(11)5-8(4-6)17-10(12)13;9-5-1-4(7(12)13)2-6(3-5)14-8(10)11/h3-5,10H,1-2H3;1-3,8H,(H,12,13). The molecule has 31 heavy (non-hydrogen) atoms. The van der Waals surface area contributed by atoms with E-state index in [4.69, 9.17) is 28.3 Å². The minimum absolute atomic E-state index is 0.0283. The van der Waals surface area contributed by atoms with Gasteiger partial charge in [-0.1, -0.05) is 23.2 Å². The van der Waals surface area contributed by atoms with E-state index < -0.39 is 25.1 Å². The number of ether oxygens (including phenoxy) is 2. The van der Waals surface area contributed by atoms with Crippen molar-refractivity contribution in [1.82, 2.24) is 5.06 Å². The summed E-state index contributed by atoms with van der Waals surface area (Å²) in [7, 11) is 2.69. The Kier molecular flexibility index (Phi) is 10.3. The Balaban J connectivity index is 0.000000316. The molecule has 0 fully saturated rings. The molecule has 0 aliphatic carbocycles. The van der Waals surface area contributed by atoms with Crippen LogP contribution in [-0.4, -0.2) is 49.4 Å². The molecule has 170 valence electrons. The van der Waals surface area contributed by atoms with Crippen LogP contribution in [0.2, 0.25) is 10.0 Å². The summed E-state index contributed by atoms with van der Waals surface area (Å²) in [4.78, 5) is 26.8. The van der Waals surface area contributed by atoms with Crippen LogP contribution in [0.15, 0.2) is 36.4 Å². The van der Waals surface area contributed by atoms with E-state index in [1.807, 2.05) is 0 Å². The molecule has 0 radical (unpaired) electrons. The van der Waals surface area contributed by atoms with Crippen molar-refractivity contribution >= 4 is 35.1 Å². The molecular weight excluding hydrogens is 473 g/mol. The molecule has 0 heterocycles. The van der Waals surface area contributed by atoms with Crippen molar-refractivity contribution < 1.29 is 46.6 Å². The number of benzene rings is 2. The zero-order valence-electron chi connectivity index (χ0n) is 15.8. The molecule has 2 aromatic carbocycles. The fourth-order valence-electron chi connectivity index (χ4n) is 1.98. The summed E-state index contributed by atoms with van der Waals surface area (Å²) in [5.41, 5.74) is -0.106. The van der Waals surface area contributed by atoms with Crippen LogP contribution in [0.25, 0.3) is 0 Å². The van der Waals surface area contributed by atoms with Crippen molar-refractivity contribution in [1.29, 1.82) is 0 Å². The maximum absolute atomic E-state index is 12.0. The normalized spacial score (nSPS) is 10.4. The topological polar surface area (TPSA) is 85.3 Å². The first-order chi connectivity index (χ1) is 14.4.